The fourth-order valence-corrected chi connectivity index (χ4v) is 8.20. The summed E-state index contributed by atoms with van der Waals surface area (Å²) < 4.78 is 4.53. The summed E-state index contributed by atoms with van der Waals surface area (Å²) in [7, 11) is 0. The molecule has 1 atom stereocenters. The number of aromatic amines is 1. The molecule has 26 heavy (non-hydrogen) atoms. The van der Waals surface area contributed by atoms with Crippen LogP contribution >= 0.6 is 19.8 Å². The number of benzene rings is 2. The van der Waals surface area contributed by atoms with E-state index in [1.54, 1.807) is 3.57 Å². The normalized spacial score (nSPS) is 20.1. The van der Waals surface area contributed by atoms with E-state index in [1.165, 1.54) is 31.5 Å². The molecule has 0 radical (unpaired) electrons. The molecule has 2 N–H and O–H groups in total. The number of rotatable bonds is 4. The molecule has 0 spiro atoms. The molecule has 3 heterocycles. The zero-order valence-electron chi connectivity index (χ0n) is 14.3. The Hall–Kier alpha value is -2.15. The predicted octanol–water partition coefficient (Wildman–Crippen LogP) is 3.96. The van der Waals surface area contributed by atoms with Gasteiger partial charge in [-0.1, -0.05) is 0 Å². The number of nitrogens with zero attached hydrogens (tertiary/aromatic N) is 1. The Labute approximate surface area is 159 Å². The zero-order valence-corrected chi connectivity index (χ0v) is 16.5. The fourth-order valence-electron chi connectivity index (χ4n) is 3.95. The van der Waals surface area contributed by atoms with Crippen LogP contribution in [0.25, 0.3) is 10.9 Å². The predicted molar refractivity (Wildman–Crippen MR) is 113 cm³/mol. The van der Waals surface area contributed by atoms with Crippen molar-refractivity contribution in [2.24, 2.45) is 0 Å². The average Bonchev–Trinajstić information content (AvgIpc) is 3.48. The number of amides is 1. The molecule has 4 nitrogen and oxygen atoms in total. The number of fused-ring (bicyclic) bond motifs is 3. The summed E-state index contributed by atoms with van der Waals surface area (Å²) in [6.07, 6.45) is 3.22. The van der Waals surface area contributed by atoms with Crippen LogP contribution in [0.3, 0.4) is 0 Å². The van der Waals surface area contributed by atoms with Gasteiger partial charge in [0.15, 0.2) is 0 Å². The molecule has 1 aromatic heterocycles. The van der Waals surface area contributed by atoms with Gasteiger partial charge in [0.25, 0.3) is 0 Å². The SMILES string of the molecule is N=Cc1ccc(C2c3[nH]c4ccc(I5CC5)cc4c3CCN2C=O)cc1. The van der Waals surface area contributed by atoms with Gasteiger partial charge in [-0.25, -0.2) is 0 Å². The first kappa shape index (κ1) is 16.1. The van der Waals surface area contributed by atoms with Gasteiger partial charge in [0.1, 0.15) is 0 Å². The van der Waals surface area contributed by atoms with Crippen LogP contribution in [0, 0.1) is 8.98 Å². The number of hydrogen-bond acceptors (Lipinski definition) is 2. The molecule has 132 valence electrons. The number of H-pyrrole nitrogens is 1. The molecule has 2 aliphatic heterocycles. The molecule has 1 unspecified atom stereocenters. The first-order chi connectivity index (χ1) is 12.8. The summed E-state index contributed by atoms with van der Waals surface area (Å²) in [4.78, 5) is 17.2. The molecule has 1 saturated heterocycles. The number of hydrogen-bond donors (Lipinski definition) is 2. The van der Waals surface area contributed by atoms with Crippen molar-refractivity contribution in [1.82, 2.24) is 9.88 Å². The van der Waals surface area contributed by atoms with E-state index in [9.17, 15) is 4.79 Å². The van der Waals surface area contributed by atoms with E-state index in [0.29, 0.717) is 0 Å². The summed E-state index contributed by atoms with van der Waals surface area (Å²) in [6.45, 7) is 0.743. The van der Waals surface area contributed by atoms with Gasteiger partial charge in [0.05, 0.1) is 0 Å². The summed E-state index contributed by atoms with van der Waals surface area (Å²) in [5, 5.41) is 8.75. The van der Waals surface area contributed by atoms with Crippen LogP contribution in [0.4, 0.5) is 0 Å². The van der Waals surface area contributed by atoms with Crippen molar-refractivity contribution in [3.8, 4) is 0 Å². The van der Waals surface area contributed by atoms with Crippen molar-refractivity contribution in [3.05, 3.63) is 68.4 Å². The molecule has 0 bridgehead atoms. The molecular formula is C21H20IN3O. The Morgan fingerprint density at radius 1 is 1.15 bits per heavy atom. The number of alkyl halides is 2. The molecule has 2 aliphatic rings. The Bertz CT molecular complexity index is 1000. The third kappa shape index (κ3) is 2.57. The Balaban J connectivity index is 1.65. The molecular weight excluding hydrogens is 437 g/mol. The monoisotopic (exact) mass is 457 g/mol. The van der Waals surface area contributed by atoms with E-state index >= 15 is 0 Å². The van der Waals surface area contributed by atoms with Gasteiger partial charge >= 0.3 is 160 Å². The van der Waals surface area contributed by atoms with Crippen molar-refractivity contribution >= 4 is 43.3 Å². The maximum atomic E-state index is 11.7. The van der Waals surface area contributed by atoms with Gasteiger partial charge in [0.2, 0.25) is 0 Å². The molecule has 5 rings (SSSR count). The standard InChI is InChI=1S/C21H20IN3O/c23-12-14-1-3-15(4-2-14)21-20-17(7-10-25(21)13-26)18-11-16(22-8-9-22)5-6-19(18)24-20/h1-6,11-13,21,23-24H,7-10H2. The topological polar surface area (TPSA) is 60.0 Å². The van der Waals surface area contributed by atoms with Crippen molar-refractivity contribution < 1.29 is 4.79 Å². The van der Waals surface area contributed by atoms with Gasteiger partial charge in [-0.2, -0.15) is 0 Å². The second-order valence-electron chi connectivity index (χ2n) is 6.85. The second kappa shape index (κ2) is 6.23. The van der Waals surface area contributed by atoms with Gasteiger partial charge in [-0.15, -0.1) is 0 Å². The van der Waals surface area contributed by atoms with E-state index in [4.69, 9.17) is 5.41 Å². The first-order valence-electron chi connectivity index (χ1n) is 8.86. The third-order valence-electron chi connectivity index (χ3n) is 5.37. The second-order valence-corrected chi connectivity index (χ2v) is 12.9. The summed E-state index contributed by atoms with van der Waals surface area (Å²) >= 11 is -0.777. The Morgan fingerprint density at radius 2 is 1.96 bits per heavy atom. The van der Waals surface area contributed by atoms with E-state index in [-0.39, 0.29) is 6.04 Å². The van der Waals surface area contributed by atoms with Crippen LogP contribution in [0.1, 0.15) is 28.4 Å². The molecule has 0 aliphatic carbocycles. The fraction of sp³-hybridized carbons (Fsp3) is 0.238. The van der Waals surface area contributed by atoms with Crippen LogP contribution < -0.4 is 0 Å². The summed E-state index contributed by atoms with van der Waals surface area (Å²) in [5.41, 5.74) is 5.67. The third-order valence-corrected chi connectivity index (χ3v) is 9.96. The van der Waals surface area contributed by atoms with Crippen LogP contribution in [0.15, 0.2) is 42.5 Å². The van der Waals surface area contributed by atoms with Crippen molar-refractivity contribution in [2.45, 2.75) is 12.5 Å². The Kier molecular flexibility index (Phi) is 3.85. The van der Waals surface area contributed by atoms with Gasteiger partial charge in [-0.3, -0.25) is 0 Å². The molecule has 0 saturated carbocycles. The minimum atomic E-state index is -0.777. The van der Waals surface area contributed by atoms with E-state index in [0.717, 1.165) is 36.2 Å². The van der Waals surface area contributed by atoms with Crippen molar-refractivity contribution in [2.75, 3.05) is 15.4 Å². The van der Waals surface area contributed by atoms with Crippen LogP contribution in [0.2, 0.25) is 0 Å². The Morgan fingerprint density at radius 3 is 2.65 bits per heavy atom. The number of carbonyl (C=O) groups excluding carboxylic acids is 1. The minimum absolute atomic E-state index is 0.0772. The molecule has 5 heteroatoms. The van der Waals surface area contributed by atoms with Gasteiger partial charge < -0.3 is 0 Å². The van der Waals surface area contributed by atoms with Gasteiger partial charge in [-0.05, 0) is 0 Å². The van der Waals surface area contributed by atoms with E-state index < -0.39 is 19.8 Å². The number of aromatic nitrogens is 1. The quantitative estimate of drug-likeness (QED) is 0.265. The summed E-state index contributed by atoms with van der Waals surface area (Å²) in [5.74, 6) is 0. The van der Waals surface area contributed by atoms with Crippen LogP contribution in [-0.2, 0) is 11.2 Å². The average molecular weight is 457 g/mol. The van der Waals surface area contributed by atoms with Crippen LogP contribution in [-0.4, -0.2) is 37.9 Å². The van der Waals surface area contributed by atoms with Gasteiger partial charge in [0, 0.05) is 0 Å². The van der Waals surface area contributed by atoms with Crippen LogP contribution in [0.5, 0.6) is 0 Å². The number of carbonyl (C=O) groups is 1. The number of nitrogens with one attached hydrogen (secondary N) is 2. The van der Waals surface area contributed by atoms with Crippen molar-refractivity contribution in [3.63, 3.8) is 0 Å². The van der Waals surface area contributed by atoms with E-state index in [2.05, 4.69) is 23.2 Å². The molecule has 1 amide bonds. The zero-order chi connectivity index (χ0) is 17.7. The molecule has 2 aromatic carbocycles. The maximum absolute atomic E-state index is 11.7. The first-order valence-corrected chi connectivity index (χ1v) is 13.0. The van der Waals surface area contributed by atoms with E-state index in [1.807, 2.05) is 29.2 Å². The summed E-state index contributed by atoms with van der Waals surface area (Å²) in [6, 6.07) is 14.9. The number of halogens is 1. The van der Waals surface area contributed by atoms with Crippen molar-refractivity contribution in [1.29, 1.82) is 5.41 Å². The molecule has 1 fully saturated rings. The molecule has 3 aromatic rings.